The van der Waals surface area contributed by atoms with Crippen LogP contribution in [0.5, 0.6) is 11.8 Å². The molecule has 2 fully saturated rings. The van der Waals surface area contributed by atoms with Gasteiger partial charge in [-0.3, -0.25) is 4.90 Å². The molecular weight excluding hydrogens is 552 g/mol. The number of rotatable bonds is 5. The number of aromatic hydroxyl groups is 1. The fourth-order valence-electron chi connectivity index (χ4n) is 6.98. The Kier molecular flexibility index (Phi) is 7.85. The number of benzene rings is 2. The van der Waals surface area contributed by atoms with Gasteiger partial charge in [-0.15, -0.1) is 0 Å². The fourth-order valence-corrected chi connectivity index (χ4v) is 6.98. The zero-order valence-corrected chi connectivity index (χ0v) is 25.3. The van der Waals surface area contributed by atoms with Crippen molar-refractivity contribution in [3.8, 4) is 23.0 Å². The zero-order valence-electron chi connectivity index (χ0n) is 25.3. The summed E-state index contributed by atoms with van der Waals surface area (Å²) < 4.78 is 37.6. The van der Waals surface area contributed by atoms with Crippen LogP contribution in [0.1, 0.15) is 57.7 Å². The number of phenolic OH excluding ortho intramolecular Hbond substituents is 1. The Bertz CT molecular complexity index is 1680. The van der Waals surface area contributed by atoms with E-state index in [1.54, 1.807) is 26.0 Å². The summed E-state index contributed by atoms with van der Waals surface area (Å²) in [4.78, 5) is 18.5. The molecule has 10 heteroatoms. The molecule has 2 aromatic carbocycles. The first-order valence-corrected chi connectivity index (χ1v) is 15.2. The summed E-state index contributed by atoms with van der Waals surface area (Å²) in [6.45, 7) is 8.60. The minimum atomic E-state index is -0.628. The first-order chi connectivity index (χ1) is 20.6. The van der Waals surface area contributed by atoms with E-state index >= 15 is 4.39 Å². The fraction of sp³-hybridized carbons (Fsp3) is 0.485. The van der Waals surface area contributed by atoms with Gasteiger partial charge in [-0.1, -0.05) is 13.0 Å². The maximum absolute atomic E-state index is 16.5. The molecule has 2 aromatic heterocycles. The molecule has 43 heavy (non-hydrogen) atoms. The van der Waals surface area contributed by atoms with Crippen LogP contribution in [-0.2, 0) is 12.8 Å². The largest absolute Gasteiger partial charge is 0.508 e. The van der Waals surface area contributed by atoms with Gasteiger partial charge in [0.2, 0.25) is 0 Å². The van der Waals surface area contributed by atoms with Crippen LogP contribution in [-0.4, -0.2) is 75.0 Å². The van der Waals surface area contributed by atoms with Crippen LogP contribution in [0.15, 0.2) is 24.3 Å². The number of aliphatic hydroxyl groups is 1. The van der Waals surface area contributed by atoms with Gasteiger partial charge in [0, 0.05) is 31.7 Å². The quantitative estimate of drug-likeness (QED) is 0.302. The zero-order chi connectivity index (χ0) is 30.5. The van der Waals surface area contributed by atoms with Crippen molar-refractivity contribution in [3.05, 3.63) is 47.2 Å². The van der Waals surface area contributed by atoms with E-state index in [9.17, 15) is 9.50 Å². The number of aliphatic hydroxyl groups excluding tert-OH is 1. The first kappa shape index (κ1) is 29.4. The Labute approximate surface area is 250 Å². The molecular formula is C33H39F2N5O3. The summed E-state index contributed by atoms with van der Waals surface area (Å²) in [5.74, 6) is -0.432. The number of fused-ring (bicyclic) bond motifs is 2. The molecule has 0 amide bonds. The number of hydrogen-bond acceptors (Lipinski definition) is 8. The van der Waals surface area contributed by atoms with Crippen molar-refractivity contribution in [2.45, 2.75) is 70.9 Å². The third-order valence-corrected chi connectivity index (χ3v) is 8.91. The van der Waals surface area contributed by atoms with Crippen LogP contribution >= 0.6 is 0 Å². The molecule has 8 nitrogen and oxygen atoms in total. The van der Waals surface area contributed by atoms with Gasteiger partial charge in [0.05, 0.1) is 16.6 Å². The molecule has 0 saturated carbocycles. The van der Waals surface area contributed by atoms with Crippen LogP contribution in [0.4, 0.5) is 14.6 Å². The van der Waals surface area contributed by atoms with E-state index in [4.69, 9.17) is 19.8 Å². The molecule has 0 bridgehead atoms. The van der Waals surface area contributed by atoms with Gasteiger partial charge in [0.15, 0.2) is 5.82 Å². The Morgan fingerprint density at radius 2 is 1.74 bits per heavy atom. The highest BCUT2D eigenvalue weighted by atomic mass is 19.1. The first-order valence-electron chi connectivity index (χ1n) is 15.2. The Morgan fingerprint density at radius 1 is 1.02 bits per heavy atom. The summed E-state index contributed by atoms with van der Waals surface area (Å²) >= 11 is 0. The molecule has 0 spiro atoms. The summed E-state index contributed by atoms with van der Waals surface area (Å²) in [5.41, 5.74) is 1.69. The van der Waals surface area contributed by atoms with Crippen LogP contribution in [0, 0.1) is 11.6 Å². The van der Waals surface area contributed by atoms with E-state index < -0.39 is 5.82 Å². The second-order valence-corrected chi connectivity index (χ2v) is 12.2. The number of hydrogen-bond donors (Lipinski definition) is 2. The summed E-state index contributed by atoms with van der Waals surface area (Å²) in [6.07, 6.45) is 5.31. The average Bonchev–Trinajstić information content (AvgIpc) is 3.55. The molecule has 4 aromatic rings. The lowest BCUT2D eigenvalue weighted by Crippen LogP contribution is -2.43. The number of halogens is 2. The predicted octanol–water partition coefficient (Wildman–Crippen LogP) is 5.78. The third-order valence-electron chi connectivity index (χ3n) is 8.91. The van der Waals surface area contributed by atoms with E-state index in [-0.39, 0.29) is 40.4 Å². The van der Waals surface area contributed by atoms with Crippen molar-refractivity contribution in [3.63, 3.8) is 0 Å². The number of aryl methyl sites for hydroxylation is 1. The van der Waals surface area contributed by atoms with Crippen molar-refractivity contribution < 1.29 is 23.7 Å². The van der Waals surface area contributed by atoms with Crippen molar-refractivity contribution in [2.75, 3.05) is 38.2 Å². The molecule has 0 radical (unpaired) electrons. The average molecular weight is 592 g/mol. The molecule has 2 N–H and O–H groups in total. The predicted molar refractivity (Wildman–Crippen MR) is 164 cm³/mol. The normalized spacial score (nSPS) is 17.4. The van der Waals surface area contributed by atoms with Crippen LogP contribution < -0.4 is 9.64 Å². The smallest absolute Gasteiger partial charge is 0.319 e. The molecule has 228 valence electrons. The highest BCUT2D eigenvalue weighted by molar-refractivity contribution is 6.02. The van der Waals surface area contributed by atoms with Crippen molar-refractivity contribution >= 4 is 27.5 Å². The molecule has 3 aliphatic heterocycles. The second kappa shape index (κ2) is 11.5. The Morgan fingerprint density at radius 3 is 2.44 bits per heavy atom. The number of phenols is 1. The summed E-state index contributed by atoms with van der Waals surface area (Å²) in [7, 11) is 1.92. The number of aromatic nitrogens is 3. The van der Waals surface area contributed by atoms with Crippen LogP contribution in [0.2, 0.25) is 0 Å². The van der Waals surface area contributed by atoms with E-state index in [1.165, 1.54) is 12.1 Å². The standard InChI is InChI=1S/C30H31F2N5O2.C3H8O/c1-3-19-21(31)7-6-17-14-18(38)15-20(23(17)19)26-25(32)27-24-22(33-26)8-13-36(2)28(24)35-29(34-27)39-16-30-9-4-11-37(30)12-5-10-30;1-3(2)4/h6-7,14-15,38H,3-5,8-13,16H2,1-2H3;3-4H,1-2H3. The number of anilines is 1. The third kappa shape index (κ3) is 5.25. The van der Waals surface area contributed by atoms with Gasteiger partial charge >= 0.3 is 6.01 Å². The van der Waals surface area contributed by atoms with Gasteiger partial charge in [-0.25, -0.2) is 13.8 Å². The van der Waals surface area contributed by atoms with E-state index in [0.29, 0.717) is 64.8 Å². The lowest BCUT2D eigenvalue weighted by molar-refractivity contribution is 0.108. The molecule has 0 aliphatic carbocycles. The van der Waals surface area contributed by atoms with Gasteiger partial charge in [0.25, 0.3) is 0 Å². The van der Waals surface area contributed by atoms with Gasteiger partial charge in [-0.2, -0.15) is 9.97 Å². The number of ether oxygens (including phenoxy) is 1. The SMILES string of the molecule is CC(C)O.CCc1c(F)ccc2cc(O)cc(-c3nc4c5c(nc(OCC67CCCN6CCC7)nc5c3F)N(C)CC4)c12. The van der Waals surface area contributed by atoms with Crippen LogP contribution in [0.25, 0.3) is 32.9 Å². The maximum atomic E-state index is 16.5. The topological polar surface area (TPSA) is 94.8 Å². The van der Waals surface area contributed by atoms with E-state index in [1.807, 2.05) is 18.9 Å². The Hall–Kier alpha value is -3.63. The van der Waals surface area contributed by atoms with E-state index in [0.717, 1.165) is 38.8 Å². The minimum absolute atomic E-state index is 0.00959. The highest BCUT2D eigenvalue weighted by Crippen LogP contribution is 2.42. The molecule has 7 rings (SSSR count). The van der Waals surface area contributed by atoms with E-state index in [2.05, 4.69) is 9.88 Å². The molecule has 2 saturated heterocycles. The number of likely N-dealkylation sites (N-methyl/N-ethyl adjacent to an activating group) is 1. The lowest BCUT2D eigenvalue weighted by Gasteiger charge is -2.31. The summed E-state index contributed by atoms with van der Waals surface area (Å²) in [6, 6.07) is 6.17. The highest BCUT2D eigenvalue weighted by Gasteiger charge is 2.45. The number of pyridine rings is 1. The van der Waals surface area contributed by atoms with Crippen LogP contribution in [0.3, 0.4) is 0 Å². The summed E-state index contributed by atoms with van der Waals surface area (Å²) in [5, 5.41) is 20.3. The number of nitrogens with zero attached hydrogens (tertiary/aromatic N) is 5. The minimum Gasteiger partial charge on any atom is -0.508 e. The monoisotopic (exact) mass is 591 g/mol. The van der Waals surface area contributed by atoms with Gasteiger partial charge in [0.1, 0.15) is 35.2 Å². The lowest BCUT2D eigenvalue weighted by atomic mass is 9.94. The Balaban J connectivity index is 0.000000777. The second-order valence-electron chi connectivity index (χ2n) is 12.2. The van der Waals surface area contributed by atoms with Gasteiger partial charge in [-0.05, 0) is 93.6 Å². The van der Waals surface area contributed by atoms with Crippen molar-refractivity contribution in [1.29, 1.82) is 0 Å². The molecule has 0 unspecified atom stereocenters. The molecule has 0 atom stereocenters. The van der Waals surface area contributed by atoms with Crippen molar-refractivity contribution in [2.24, 2.45) is 0 Å². The molecule has 3 aliphatic rings. The van der Waals surface area contributed by atoms with Crippen molar-refractivity contribution in [1.82, 2.24) is 19.9 Å². The maximum Gasteiger partial charge on any atom is 0.319 e. The van der Waals surface area contributed by atoms with Gasteiger partial charge < -0.3 is 19.8 Å². The molecule has 5 heterocycles.